The van der Waals surface area contributed by atoms with Gasteiger partial charge in [0.2, 0.25) is 0 Å². The molecule has 0 saturated carbocycles. The summed E-state index contributed by atoms with van der Waals surface area (Å²) >= 11 is 0.603. The largest absolute Gasteiger partial charge is 0.382 e. The van der Waals surface area contributed by atoms with Crippen LogP contribution in [0.4, 0.5) is 14.5 Å². The van der Waals surface area contributed by atoms with Gasteiger partial charge in [-0.05, 0) is 25.5 Å². The second-order valence-electron chi connectivity index (χ2n) is 4.77. The summed E-state index contributed by atoms with van der Waals surface area (Å²) in [7, 11) is 0. The fraction of sp³-hybridized carbons (Fsp3) is 0.600. The van der Waals surface area contributed by atoms with Crippen molar-refractivity contribution in [3.63, 3.8) is 0 Å². The molecule has 0 aliphatic heterocycles. The summed E-state index contributed by atoms with van der Waals surface area (Å²) in [4.78, 5) is 0.623. The molecule has 1 rings (SSSR count). The fourth-order valence-electron chi connectivity index (χ4n) is 2.00. The molecular weight excluding hydrogens is 264 g/mol. The van der Waals surface area contributed by atoms with Crippen molar-refractivity contribution in [2.45, 2.75) is 62.6 Å². The van der Waals surface area contributed by atoms with Crippen molar-refractivity contribution in [1.29, 1.82) is 0 Å². The smallest absolute Gasteiger partial charge is 0.288 e. The minimum atomic E-state index is -2.37. The zero-order valence-electron chi connectivity index (χ0n) is 11.7. The lowest BCUT2D eigenvalue weighted by atomic mass is 10.1. The molecule has 0 spiro atoms. The molecule has 1 N–H and O–H groups in total. The van der Waals surface area contributed by atoms with Crippen LogP contribution in [0.25, 0.3) is 0 Å². The van der Waals surface area contributed by atoms with Gasteiger partial charge in [0.1, 0.15) is 0 Å². The van der Waals surface area contributed by atoms with E-state index in [9.17, 15) is 8.78 Å². The molecule has 0 aliphatic rings. The van der Waals surface area contributed by atoms with E-state index in [-0.39, 0.29) is 0 Å². The molecule has 1 aromatic carbocycles. The minimum Gasteiger partial charge on any atom is -0.382 e. The van der Waals surface area contributed by atoms with E-state index in [1.807, 2.05) is 12.1 Å². The van der Waals surface area contributed by atoms with Crippen molar-refractivity contribution < 1.29 is 8.78 Å². The van der Waals surface area contributed by atoms with Gasteiger partial charge < -0.3 is 5.32 Å². The van der Waals surface area contributed by atoms with E-state index in [1.54, 1.807) is 12.1 Å². The third-order valence-electron chi connectivity index (χ3n) is 3.00. The second kappa shape index (κ2) is 9.18. The Hall–Kier alpha value is -0.770. The summed E-state index contributed by atoms with van der Waals surface area (Å²) in [5.41, 5.74) is 0.816. The summed E-state index contributed by atoms with van der Waals surface area (Å²) in [6.45, 7) is 4.30. The van der Waals surface area contributed by atoms with E-state index in [2.05, 4.69) is 19.2 Å². The van der Waals surface area contributed by atoms with Gasteiger partial charge in [-0.25, -0.2) is 0 Å². The summed E-state index contributed by atoms with van der Waals surface area (Å²) in [6.07, 6.45) is 6.01. The van der Waals surface area contributed by atoms with Crippen LogP contribution < -0.4 is 5.32 Å². The van der Waals surface area contributed by atoms with Gasteiger partial charge in [0, 0.05) is 16.6 Å². The van der Waals surface area contributed by atoms with Crippen molar-refractivity contribution in [2.24, 2.45) is 0 Å². The molecule has 1 unspecified atom stereocenters. The number of para-hydroxylation sites is 1. The van der Waals surface area contributed by atoms with E-state index in [0.29, 0.717) is 22.7 Å². The van der Waals surface area contributed by atoms with E-state index in [4.69, 9.17) is 0 Å². The Bertz CT molecular complexity index is 358. The van der Waals surface area contributed by atoms with Crippen molar-refractivity contribution in [3.05, 3.63) is 24.3 Å². The third kappa shape index (κ3) is 6.81. The van der Waals surface area contributed by atoms with Gasteiger partial charge in [0.05, 0.1) is 0 Å². The molecule has 0 saturated heterocycles. The molecule has 19 heavy (non-hydrogen) atoms. The Morgan fingerprint density at radius 1 is 1.16 bits per heavy atom. The SMILES string of the molecule is CCCCCCC(C)Nc1ccccc1SC(F)F. The standard InChI is InChI=1S/C15H23F2NS/c1-3-4-5-6-9-12(2)18-13-10-7-8-11-14(13)19-15(16)17/h7-8,10-12,15,18H,3-6,9H2,1-2H3. The highest BCUT2D eigenvalue weighted by molar-refractivity contribution is 7.99. The molecule has 0 aliphatic carbocycles. The lowest BCUT2D eigenvalue weighted by Gasteiger charge is -2.17. The number of unbranched alkanes of at least 4 members (excludes halogenated alkanes) is 3. The van der Waals surface area contributed by atoms with Gasteiger partial charge in [0.25, 0.3) is 5.76 Å². The summed E-state index contributed by atoms with van der Waals surface area (Å²) < 4.78 is 24.9. The number of hydrogen-bond donors (Lipinski definition) is 1. The first-order valence-corrected chi connectivity index (χ1v) is 7.81. The molecule has 1 atom stereocenters. The summed E-state index contributed by atoms with van der Waals surface area (Å²) in [5.74, 6) is -2.37. The van der Waals surface area contributed by atoms with Crippen molar-refractivity contribution in [1.82, 2.24) is 0 Å². The maximum Gasteiger partial charge on any atom is 0.288 e. The lowest BCUT2D eigenvalue weighted by molar-refractivity contribution is 0.252. The van der Waals surface area contributed by atoms with Crippen molar-refractivity contribution in [3.8, 4) is 0 Å². The van der Waals surface area contributed by atoms with Crippen LogP contribution in [0.5, 0.6) is 0 Å². The first kappa shape index (κ1) is 16.3. The Morgan fingerprint density at radius 2 is 1.89 bits per heavy atom. The van der Waals surface area contributed by atoms with Gasteiger partial charge in [-0.3, -0.25) is 0 Å². The van der Waals surface area contributed by atoms with E-state index in [1.165, 1.54) is 25.7 Å². The number of benzene rings is 1. The average Bonchev–Trinajstić information content (AvgIpc) is 2.36. The minimum absolute atomic E-state index is 0.316. The quantitative estimate of drug-likeness (QED) is 0.457. The molecule has 0 bridgehead atoms. The van der Waals surface area contributed by atoms with Crippen LogP contribution in [0.1, 0.15) is 46.0 Å². The third-order valence-corrected chi connectivity index (χ3v) is 3.78. The van der Waals surface area contributed by atoms with Crippen LogP contribution in [0.2, 0.25) is 0 Å². The van der Waals surface area contributed by atoms with Crippen LogP contribution in [0.15, 0.2) is 29.2 Å². The number of halogens is 2. The fourth-order valence-corrected chi connectivity index (χ4v) is 2.60. The first-order valence-electron chi connectivity index (χ1n) is 6.93. The Kier molecular flexibility index (Phi) is 7.87. The van der Waals surface area contributed by atoms with Gasteiger partial charge in [-0.15, -0.1) is 0 Å². The van der Waals surface area contributed by atoms with Gasteiger partial charge >= 0.3 is 0 Å². The normalized spacial score (nSPS) is 12.7. The molecule has 0 aromatic heterocycles. The Balaban J connectivity index is 2.46. The molecule has 1 aromatic rings. The van der Waals surface area contributed by atoms with Crippen LogP contribution >= 0.6 is 11.8 Å². The summed E-state index contributed by atoms with van der Waals surface area (Å²) in [6, 6.07) is 7.59. The van der Waals surface area contributed by atoms with E-state index in [0.717, 1.165) is 12.1 Å². The van der Waals surface area contributed by atoms with Crippen molar-refractivity contribution in [2.75, 3.05) is 5.32 Å². The highest BCUT2D eigenvalue weighted by Crippen LogP contribution is 2.32. The predicted octanol–water partition coefficient (Wildman–Crippen LogP) is 5.77. The number of rotatable bonds is 9. The number of hydrogen-bond acceptors (Lipinski definition) is 2. The maximum absolute atomic E-state index is 12.5. The highest BCUT2D eigenvalue weighted by Gasteiger charge is 2.11. The molecule has 0 heterocycles. The van der Waals surface area contributed by atoms with E-state index < -0.39 is 5.76 Å². The number of anilines is 1. The molecule has 108 valence electrons. The second-order valence-corrected chi connectivity index (χ2v) is 5.80. The lowest BCUT2D eigenvalue weighted by Crippen LogP contribution is -2.15. The molecular formula is C15H23F2NS. The maximum atomic E-state index is 12.5. The molecule has 0 amide bonds. The average molecular weight is 287 g/mol. The number of nitrogens with one attached hydrogen (secondary N) is 1. The summed E-state index contributed by atoms with van der Waals surface area (Å²) in [5, 5.41) is 3.34. The van der Waals surface area contributed by atoms with Gasteiger partial charge in [0.15, 0.2) is 0 Å². The van der Waals surface area contributed by atoms with Crippen LogP contribution in [-0.2, 0) is 0 Å². The Morgan fingerprint density at radius 3 is 2.58 bits per heavy atom. The molecule has 0 radical (unpaired) electrons. The van der Waals surface area contributed by atoms with E-state index >= 15 is 0 Å². The Labute approximate surface area is 119 Å². The van der Waals surface area contributed by atoms with Crippen LogP contribution in [0, 0.1) is 0 Å². The predicted molar refractivity (Wildman–Crippen MR) is 80.1 cm³/mol. The first-order chi connectivity index (χ1) is 9.13. The molecule has 4 heteroatoms. The topological polar surface area (TPSA) is 12.0 Å². The van der Waals surface area contributed by atoms with Gasteiger partial charge in [-0.2, -0.15) is 8.78 Å². The number of alkyl halides is 2. The zero-order valence-corrected chi connectivity index (χ0v) is 12.5. The van der Waals surface area contributed by atoms with Crippen molar-refractivity contribution >= 4 is 17.4 Å². The zero-order chi connectivity index (χ0) is 14.1. The van der Waals surface area contributed by atoms with Crippen LogP contribution in [-0.4, -0.2) is 11.8 Å². The van der Waals surface area contributed by atoms with Gasteiger partial charge in [-0.1, -0.05) is 56.5 Å². The number of thioether (sulfide) groups is 1. The highest BCUT2D eigenvalue weighted by atomic mass is 32.2. The van der Waals surface area contributed by atoms with Crippen LogP contribution in [0.3, 0.4) is 0 Å². The molecule has 1 nitrogen and oxygen atoms in total. The monoisotopic (exact) mass is 287 g/mol. The molecule has 0 fully saturated rings.